The highest BCUT2D eigenvalue weighted by Gasteiger charge is 2.32. The van der Waals surface area contributed by atoms with Gasteiger partial charge in [-0.1, -0.05) is 12.8 Å². The zero-order valence-corrected chi connectivity index (χ0v) is 10.8. The number of carbonyl (C=O) groups excluding carboxylic acids is 1. The van der Waals surface area contributed by atoms with E-state index < -0.39 is 0 Å². The van der Waals surface area contributed by atoms with Crippen molar-refractivity contribution < 1.29 is 14.6 Å². The maximum atomic E-state index is 11.6. The third-order valence-electron chi connectivity index (χ3n) is 3.31. The number of amides is 1. The van der Waals surface area contributed by atoms with Crippen molar-refractivity contribution in [1.82, 2.24) is 10.6 Å². The van der Waals surface area contributed by atoms with Crippen molar-refractivity contribution in [2.45, 2.75) is 44.2 Å². The number of nitrogens with one attached hydrogen (secondary N) is 2. The van der Waals surface area contributed by atoms with Crippen LogP contribution in [-0.4, -0.2) is 49.5 Å². The number of hydrogen-bond acceptors (Lipinski definition) is 4. The van der Waals surface area contributed by atoms with Gasteiger partial charge in [-0.25, -0.2) is 0 Å². The molecule has 1 saturated carbocycles. The zero-order chi connectivity index (χ0) is 12.7. The second-order valence-electron chi connectivity index (χ2n) is 4.92. The summed E-state index contributed by atoms with van der Waals surface area (Å²) in [5.74, 6) is -0.0470. The Balaban J connectivity index is 2.27. The zero-order valence-electron chi connectivity index (χ0n) is 10.8. The molecule has 1 aliphatic rings. The van der Waals surface area contributed by atoms with E-state index >= 15 is 0 Å². The summed E-state index contributed by atoms with van der Waals surface area (Å²) in [6.45, 7) is 2.78. The van der Waals surface area contributed by atoms with E-state index in [2.05, 4.69) is 10.6 Å². The Hall–Kier alpha value is -0.650. The predicted octanol–water partition coefficient (Wildman–Crippen LogP) is 0.0322. The van der Waals surface area contributed by atoms with Gasteiger partial charge < -0.3 is 20.5 Å². The number of rotatable bonds is 7. The Morgan fingerprint density at radius 3 is 2.65 bits per heavy atom. The van der Waals surface area contributed by atoms with Gasteiger partial charge in [0.2, 0.25) is 5.91 Å². The van der Waals surface area contributed by atoms with Crippen LogP contribution in [0.5, 0.6) is 0 Å². The van der Waals surface area contributed by atoms with Gasteiger partial charge in [0.1, 0.15) is 0 Å². The van der Waals surface area contributed by atoms with E-state index in [9.17, 15) is 9.90 Å². The van der Waals surface area contributed by atoms with Crippen molar-refractivity contribution in [1.29, 1.82) is 0 Å². The highest BCUT2D eigenvalue weighted by Crippen LogP contribution is 2.28. The van der Waals surface area contributed by atoms with Gasteiger partial charge in [0.15, 0.2) is 0 Å². The molecule has 1 rings (SSSR count). The summed E-state index contributed by atoms with van der Waals surface area (Å²) >= 11 is 0. The van der Waals surface area contributed by atoms with Crippen LogP contribution in [0.15, 0.2) is 0 Å². The van der Waals surface area contributed by atoms with Crippen LogP contribution in [0.25, 0.3) is 0 Å². The molecule has 5 nitrogen and oxygen atoms in total. The Morgan fingerprint density at radius 2 is 2.12 bits per heavy atom. The lowest BCUT2D eigenvalue weighted by atomic mass is 9.99. The minimum atomic E-state index is -0.234. The first-order chi connectivity index (χ1) is 8.12. The SMILES string of the molecule is COCC(C)NC(=O)CNC1(CO)CCCC1. The van der Waals surface area contributed by atoms with Gasteiger partial charge >= 0.3 is 0 Å². The number of aliphatic hydroxyl groups is 1. The van der Waals surface area contributed by atoms with E-state index in [0.717, 1.165) is 25.7 Å². The molecule has 0 aromatic carbocycles. The van der Waals surface area contributed by atoms with Gasteiger partial charge in [0, 0.05) is 18.7 Å². The fraction of sp³-hybridized carbons (Fsp3) is 0.917. The van der Waals surface area contributed by atoms with Crippen molar-refractivity contribution >= 4 is 5.91 Å². The number of methoxy groups -OCH3 is 1. The standard InChI is InChI=1S/C12H24N2O3/c1-10(8-17-2)14-11(16)7-13-12(9-15)5-3-4-6-12/h10,13,15H,3-9H2,1-2H3,(H,14,16). The fourth-order valence-corrected chi connectivity index (χ4v) is 2.33. The normalized spacial score (nSPS) is 20.2. The van der Waals surface area contributed by atoms with E-state index in [-0.39, 0.29) is 30.6 Å². The fourth-order valence-electron chi connectivity index (χ4n) is 2.33. The first-order valence-corrected chi connectivity index (χ1v) is 6.26. The highest BCUT2D eigenvalue weighted by molar-refractivity contribution is 5.78. The van der Waals surface area contributed by atoms with E-state index in [1.165, 1.54) is 0 Å². The third-order valence-corrected chi connectivity index (χ3v) is 3.31. The average Bonchev–Trinajstić information content (AvgIpc) is 2.76. The molecule has 0 saturated heterocycles. The van der Waals surface area contributed by atoms with Gasteiger partial charge in [0.25, 0.3) is 0 Å². The Morgan fingerprint density at radius 1 is 1.47 bits per heavy atom. The summed E-state index contributed by atoms with van der Waals surface area (Å²) in [5.41, 5.74) is -0.234. The lowest BCUT2D eigenvalue weighted by Gasteiger charge is -2.28. The topological polar surface area (TPSA) is 70.6 Å². The summed E-state index contributed by atoms with van der Waals surface area (Å²) < 4.78 is 4.95. The van der Waals surface area contributed by atoms with Crippen LogP contribution < -0.4 is 10.6 Å². The molecule has 0 bridgehead atoms. The molecule has 0 aliphatic heterocycles. The maximum Gasteiger partial charge on any atom is 0.234 e. The lowest BCUT2D eigenvalue weighted by molar-refractivity contribution is -0.121. The third kappa shape index (κ3) is 4.61. The van der Waals surface area contributed by atoms with E-state index in [4.69, 9.17) is 4.74 Å². The molecule has 0 radical (unpaired) electrons. The monoisotopic (exact) mass is 244 g/mol. The number of ether oxygens (including phenoxy) is 1. The second kappa shape index (κ2) is 6.93. The average molecular weight is 244 g/mol. The summed E-state index contributed by atoms with van der Waals surface area (Å²) in [5, 5.41) is 15.4. The summed E-state index contributed by atoms with van der Waals surface area (Å²) in [6.07, 6.45) is 4.14. The Bertz CT molecular complexity index is 240. The minimum Gasteiger partial charge on any atom is -0.394 e. The first kappa shape index (κ1) is 14.4. The molecule has 0 aromatic rings. The molecule has 3 N–H and O–H groups in total. The molecular weight excluding hydrogens is 220 g/mol. The van der Waals surface area contributed by atoms with Gasteiger partial charge in [-0.2, -0.15) is 0 Å². The van der Waals surface area contributed by atoms with Crippen molar-refractivity contribution in [2.75, 3.05) is 26.9 Å². The molecule has 0 spiro atoms. The second-order valence-corrected chi connectivity index (χ2v) is 4.92. The van der Waals surface area contributed by atoms with Gasteiger partial charge in [-0.15, -0.1) is 0 Å². The Kier molecular flexibility index (Phi) is 5.88. The van der Waals surface area contributed by atoms with Crippen LogP contribution in [-0.2, 0) is 9.53 Å². The van der Waals surface area contributed by atoms with Crippen molar-refractivity contribution in [3.05, 3.63) is 0 Å². The quantitative estimate of drug-likeness (QED) is 0.591. The molecule has 1 unspecified atom stereocenters. The summed E-state index contributed by atoms with van der Waals surface area (Å²) in [6, 6.07) is 0.0166. The molecule has 100 valence electrons. The predicted molar refractivity (Wildman–Crippen MR) is 65.8 cm³/mol. The van der Waals surface area contributed by atoms with Gasteiger partial charge in [-0.05, 0) is 19.8 Å². The Labute approximate surface area is 103 Å². The molecule has 5 heteroatoms. The van der Waals surface area contributed by atoms with Crippen molar-refractivity contribution in [2.24, 2.45) is 0 Å². The number of aliphatic hydroxyl groups excluding tert-OH is 1. The molecule has 1 amide bonds. The van der Waals surface area contributed by atoms with Crippen LogP contribution in [0.4, 0.5) is 0 Å². The van der Waals surface area contributed by atoms with Crippen LogP contribution in [0.2, 0.25) is 0 Å². The van der Waals surface area contributed by atoms with Crippen molar-refractivity contribution in [3.63, 3.8) is 0 Å². The van der Waals surface area contributed by atoms with Crippen LogP contribution in [0.3, 0.4) is 0 Å². The summed E-state index contributed by atoms with van der Waals surface area (Å²) in [4.78, 5) is 11.6. The lowest BCUT2D eigenvalue weighted by Crippen LogP contribution is -2.51. The number of hydrogen-bond donors (Lipinski definition) is 3. The van der Waals surface area contributed by atoms with Gasteiger partial charge in [-0.3, -0.25) is 4.79 Å². The van der Waals surface area contributed by atoms with Crippen molar-refractivity contribution in [3.8, 4) is 0 Å². The number of carbonyl (C=O) groups is 1. The van der Waals surface area contributed by atoms with Crippen LogP contribution in [0, 0.1) is 0 Å². The molecular formula is C12H24N2O3. The van der Waals surface area contributed by atoms with E-state index in [1.54, 1.807) is 7.11 Å². The smallest absolute Gasteiger partial charge is 0.234 e. The van der Waals surface area contributed by atoms with E-state index in [0.29, 0.717) is 6.61 Å². The highest BCUT2D eigenvalue weighted by atomic mass is 16.5. The largest absolute Gasteiger partial charge is 0.394 e. The minimum absolute atomic E-state index is 0.0166. The molecule has 1 aliphatic carbocycles. The molecule has 17 heavy (non-hydrogen) atoms. The van der Waals surface area contributed by atoms with Gasteiger partial charge in [0.05, 0.1) is 19.8 Å². The van der Waals surface area contributed by atoms with Crippen LogP contribution >= 0.6 is 0 Å². The summed E-state index contributed by atoms with van der Waals surface area (Å²) in [7, 11) is 1.61. The molecule has 1 fully saturated rings. The van der Waals surface area contributed by atoms with E-state index in [1.807, 2.05) is 6.92 Å². The molecule has 0 heterocycles. The maximum absolute atomic E-state index is 11.6. The molecule has 1 atom stereocenters. The first-order valence-electron chi connectivity index (χ1n) is 6.26. The van der Waals surface area contributed by atoms with Crippen LogP contribution in [0.1, 0.15) is 32.6 Å². The molecule has 0 aromatic heterocycles.